The number of nitrogens with one attached hydrogen (secondary N) is 1. The number of hydrogen-bond acceptors (Lipinski definition) is 1. The van der Waals surface area contributed by atoms with Crippen LogP contribution >= 0.6 is 15.9 Å². The van der Waals surface area contributed by atoms with E-state index < -0.39 is 0 Å². The third-order valence-electron chi connectivity index (χ3n) is 3.31. The van der Waals surface area contributed by atoms with Gasteiger partial charge in [-0.25, -0.2) is 0 Å². The Bertz CT molecular complexity index is 305. The van der Waals surface area contributed by atoms with Crippen molar-refractivity contribution in [2.45, 2.75) is 32.1 Å². The van der Waals surface area contributed by atoms with Gasteiger partial charge in [0.25, 0.3) is 0 Å². The van der Waals surface area contributed by atoms with Gasteiger partial charge in [0.2, 0.25) is 0 Å². The molecule has 2 heteroatoms. The second-order valence-electron chi connectivity index (χ2n) is 4.03. The lowest BCUT2D eigenvalue weighted by Gasteiger charge is -2.32. The van der Waals surface area contributed by atoms with Gasteiger partial charge in [0.05, 0.1) is 0 Å². The van der Waals surface area contributed by atoms with E-state index in [0.29, 0.717) is 0 Å². The smallest absolute Gasteiger partial charge is 0.0178 e. The van der Waals surface area contributed by atoms with Crippen LogP contribution in [0.3, 0.4) is 0 Å². The normalized spacial score (nSPS) is 11.7. The Hall–Kier alpha value is -0.340. The predicted octanol–water partition coefficient (Wildman–Crippen LogP) is 3.73. The van der Waals surface area contributed by atoms with E-state index in [0.717, 1.165) is 6.54 Å². The van der Waals surface area contributed by atoms with Gasteiger partial charge < -0.3 is 5.32 Å². The van der Waals surface area contributed by atoms with Gasteiger partial charge in [0.1, 0.15) is 0 Å². The Labute approximate surface area is 101 Å². The summed E-state index contributed by atoms with van der Waals surface area (Å²) < 4.78 is 1.17. The molecule has 1 rings (SSSR count). The van der Waals surface area contributed by atoms with Crippen molar-refractivity contribution in [2.24, 2.45) is 0 Å². The van der Waals surface area contributed by atoms with Gasteiger partial charge in [0.15, 0.2) is 0 Å². The summed E-state index contributed by atoms with van der Waals surface area (Å²) in [4.78, 5) is 0. The van der Waals surface area contributed by atoms with Crippen molar-refractivity contribution in [1.82, 2.24) is 5.32 Å². The number of halogens is 1. The molecule has 0 amide bonds. The molecule has 0 saturated carbocycles. The molecule has 0 atom stereocenters. The molecule has 0 saturated heterocycles. The lowest BCUT2D eigenvalue weighted by molar-refractivity contribution is 0.380. The zero-order valence-electron chi connectivity index (χ0n) is 9.81. The maximum absolute atomic E-state index is 3.54. The Balaban J connectivity index is 3.07. The Morgan fingerprint density at radius 2 is 1.93 bits per heavy atom. The Morgan fingerprint density at radius 1 is 1.27 bits per heavy atom. The zero-order chi connectivity index (χ0) is 11.3. The molecule has 1 N–H and O–H groups in total. The molecule has 0 heterocycles. The van der Waals surface area contributed by atoms with Crippen LogP contribution in [0, 0.1) is 0 Å². The zero-order valence-corrected chi connectivity index (χ0v) is 11.4. The summed E-state index contributed by atoms with van der Waals surface area (Å²) in [6.45, 7) is 5.57. The lowest BCUT2D eigenvalue weighted by atomic mass is 9.76. The van der Waals surface area contributed by atoms with Crippen LogP contribution in [-0.2, 0) is 5.41 Å². The average Bonchev–Trinajstić information content (AvgIpc) is 2.26. The summed E-state index contributed by atoms with van der Waals surface area (Å²) >= 11 is 3.54. The molecule has 0 bridgehead atoms. The van der Waals surface area contributed by atoms with E-state index >= 15 is 0 Å². The molecular weight excluding hydrogens is 250 g/mol. The van der Waals surface area contributed by atoms with Crippen LogP contribution in [0.2, 0.25) is 0 Å². The van der Waals surface area contributed by atoms with Gasteiger partial charge >= 0.3 is 0 Å². The van der Waals surface area contributed by atoms with Gasteiger partial charge in [-0.1, -0.05) is 41.9 Å². The molecule has 1 nitrogen and oxygen atoms in total. The first-order valence-corrected chi connectivity index (χ1v) is 6.38. The van der Waals surface area contributed by atoms with E-state index in [-0.39, 0.29) is 5.41 Å². The molecule has 0 aliphatic rings. The van der Waals surface area contributed by atoms with Gasteiger partial charge in [0, 0.05) is 16.4 Å². The van der Waals surface area contributed by atoms with Gasteiger partial charge in [-0.15, -0.1) is 0 Å². The van der Waals surface area contributed by atoms with Crippen LogP contribution in [0.5, 0.6) is 0 Å². The van der Waals surface area contributed by atoms with Crippen molar-refractivity contribution in [3.05, 3.63) is 34.3 Å². The van der Waals surface area contributed by atoms with E-state index in [1.807, 2.05) is 7.05 Å². The maximum atomic E-state index is 3.54. The molecule has 0 radical (unpaired) electrons. The Morgan fingerprint density at radius 3 is 2.40 bits per heavy atom. The van der Waals surface area contributed by atoms with Gasteiger partial charge in [-0.05, 0) is 37.6 Å². The highest BCUT2D eigenvalue weighted by atomic mass is 79.9. The lowest BCUT2D eigenvalue weighted by Crippen LogP contribution is -2.35. The SMILES string of the molecule is CCC(CC)(CNC)c1cccc(Br)c1. The third kappa shape index (κ3) is 2.82. The minimum absolute atomic E-state index is 0.276. The van der Waals surface area contributed by atoms with Crippen molar-refractivity contribution in [2.75, 3.05) is 13.6 Å². The highest BCUT2D eigenvalue weighted by molar-refractivity contribution is 9.10. The monoisotopic (exact) mass is 269 g/mol. The van der Waals surface area contributed by atoms with Crippen molar-refractivity contribution in [3.8, 4) is 0 Å². The summed E-state index contributed by atoms with van der Waals surface area (Å²) in [5.74, 6) is 0. The molecule has 0 aromatic heterocycles. The number of rotatable bonds is 5. The molecule has 0 aliphatic heterocycles. The number of hydrogen-bond donors (Lipinski definition) is 1. The highest BCUT2D eigenvalue weighted by Gasteiger charge is 2.27. The van der Waals surface area contributed by atoms with Crippen LogP contribution in [0.15, 0.2) is 28.7 Å². The summed E-state index contributed by atoms with van der Waals surface area (Å²) in [5.41, 5.74) is 1.70. The van der Waals surface area contributed by atoms with E-state index in [4.69, 9.17) is 0 Å². The molecule has 15 heavy (non-hydrogen) atoms. The van der Waals surface area contributed by atoms with Crippen LogP contribution in [0.25, 0.3) is 0 Å². The molecule has 0 aliphatic carbocycles. The first-order chi connectivity index (χ1) is 7.18. The van der Waals surface area contributed by atoms with Crippen LogP contribution in [0.1, 0.15) is 32.3 Å². The summed E-state index contributed by atoms with van der Waals surface area (Å²) in [6.07, 6.45) is 2.33. The minimum atomic E-state index is 0.276. The van der Waals surface area contributed by atoms with Gasteiger partial charge in [-0.2, -0.15) is 0 Å². The van der Waals surface area contributed by atoms with Crippen LogP contribution < -0.4 is 5.32 Å². The van der Waals surface area contributed by atoms with E-state index in [1.165, 1.54) is 22.9 Å². The summed E-state index contributed by atoms with van der Waals surface area (Å²) in [6, 6.07) is 8.67. The van der Waals surface area contributed by atoms with Gasteiger partial charge in [-0.3, -0.25) is 0 Å². The molecule has 0 fully saturated rings. The maximum Gasteiger partial charge on any atom is 0.0178 e. The van der Waals surface area contributed by atoms with Crippen molar-refractivity contribution in [1.29, 1.82) is 0 Å². The summed E-state index contributed by atoms with van der Waals surface area (Å²) in [7, 11) is 2.03. The molecule has 84 valence electrons. The predicted molar refractivity (Wildman–Crippen MR) is 70.3 cm³/mol. The van der Waals surface area contributed by atoms with Crippen LogP contribution in [-0.4, -0.2) is 13.6 Å². The Kier molecular flexibility index (Phi) is 4.81. The fraction of sp³-hybridized carbons (Fsp3) is 0.538. The van der Waals surface area contributed by atoms with E-state index in [1.54, 1.807) is 0 Å². The molecular formula is C13H20BrN. The number of benzene rings is 1. The average molecular weight is 270 g/mol. The second-order valence-corrected chi connectivity index (χ2v) is 4.94. The molecule has 1 aromatic carbocycles. The quantitative estimate of drug-likeness (QED) is 0.859. The fourth-order valence-electron chi connectivity index (χ4n) is 2.17. The number of likely N-dealkylation sites (N-methyl/N-ethyl adjacent to an activating group) is 1. The first-order valence-electron chi connectivity index (χ1n) is 5.59. The first kappa shape index (κ1) is 12.7. The van der Waals surface area contributed by atoms with Crippen LogP contribution in [0.4, 0.5) is 0 Å². The van der Waals surface area contributed by atoms with Crippen molar-refractivity contribution < 1.29 is 0 Å². The standard InChI is InChI=1S/C13H20BrN/c1-4-13(5-2,10-15-3)11-7-6-8-12(14)9-11/h6-9,15H,4-5,10H2,1-3H3. The van der Waals surface area contributed by atoms with E-state index in [9.17, 15) is 0 Å². The molecule has 0 unspecified atom stereocenters. The topological polar surface area (TPSA) is 12.0 Å². The molecule has 1 aromatic rings. The third-order valence-corrected chi connectivity index (χ3v) is 3.80. The largest absolute Gasteiger partial charge is 0.319 e. The van der Waals surface area contributed by atoms with Crippen molar-refractivity contribution >= 4 is 15.9 Å². The highest BCUT2D eigenvalue weighted by Crippen LogP contribution is 2.32. The minimum Gasteiger partial charge on any atom is -0.319 e. The van der Waals surface area contributed by atoms with Crippen molar-refractivity contribution in [3.63, 3.8) is 0 Å². The summed E-state index contributed by atoms with van der Waals surface area (Å²) in [5, 5.41) is 3.31. The molecule has 0 spiro atoms. The second kappa shape index (κ2) is 5.66. The fourth-order valence-corrected chi connectivity index (χ4v) is 2.57. The van der Waals surface area contributed by atoms with E-state index in [2.05, 4.69) is 59.4 Å².